The maximum Gasteiger partial charge on any atom is 1.00 e. The van der Waals surface area contributed by atoms with Gasteiger partial charge in [0.05, 0.1) is 11.4 Å². The molecule has 6 heavy (non-hydrogen) atoms. The van der Waals surface area contributed by atoms with Gasteiger partial charge in [-0.05, 0) is 0 Å². The summed E-state index contributed by atoms with van der Waals surface area (Å²) in [7, 11) is 0. The molecule has 0 spiro atoms. The van der Waals surface area contributed by atoms with Crippen LogP contribution in [0.1, 0.15) is 0 Å². The van der Waals surface area contributed by atoms with Crippen LogP contribution in [0.3, 0.4) is 0 Å². The summed E-state index contributed by atoms with van der Waals surface area (Å²) in [4.78, 5) is 0. The normalized spacial score (nSPS) is 10.3. The summed E-state index contributed by atoms with van der Waals surface area (Å²) in [5.74, 6) is 0. The fourth-order valence-corrected chi connectivity index (χ4v) is 0. The Bertz CT molecular complexity index is 33.8. The minimum Gasteiger partial charge on any atom is -0.750 e. The molecule has 4 nitrogen and oxygen atoms in total. The number of hydrogen-bond donors (Lipinski definition) is 2. The standard InChI is InChI=1S/K.H3N.H2O3S/c;;1-4(2)3/h;1H3;(H2,1,2,3)/q+1;;/p-1. The second kappa shape index (κ2) is 9.83. The average Bonchev–Trinajstić information content (AvgIpc) is 0.811. The molecule has 34 valence electrons. The molecule has 0 heterocycles. The first-order valence-electron chi connectivity index (χ1n) is 0.516. The predicted octanol–water partition coefficient (Wildman–Crippen LogP) is -3.50. The van der Waals surface area contributed by atoms with E-state index in [2.05, 4.69) is 0 Å². The molecule has 1 unspecified atom stereocenters. The van der Waals surface area contributed by atoms with Crippen molar-refractivity contribution in [3.8, 4) is 0 Å². The van der Waals surface area contributed by atoms with Crippen molar-refractivity contribution >= 4 is 11.4 Å². The summed E-state index contributed by atoms with van der Waals surface area (Å²) >= 11 is -2.86. The van der Waals surface area contributed by atoms with Gasteiger partial charge in [-0.2, -0.15) is 0 Å². The molecule has 0 saturated heterocycles. The molecular formula is H4KNO3S. The zero-order valence-corrected chi connectivity index (χ0v) is 7.32. The topological polar surface area (TPSA) is 95.4 Å². The van der Waals surface area contributed by atoms with Gasteiger partial charge in [0.2, 0.25) is 0 Å². The van der Waals surface area contributed by atoms with Crippen LogP contribution in [-0.2, 0) is 11.4 Å². The molecular weight excluding hydrogens is 133 g/mol. The Morgan fingerprint density at radius 2 is 1.67 bits per heavy atom. The van der Waals surface area contributed by atoms with Gasteiger partial charge < -0.3 is 15.3 Å². The van der Waals surface area contributed by atoms with Gasteiger partial charge in [0.1, 0.15) is 0 Å². The van der Waals surface area contributed by atoms with Gasteiger partial charge in [-0.3, -0.25) is 0 Å². The molecule has 4 N–H and O–H groups in total. The minimum absolute atomic E-state index is 0. The summed E-state index contributed by atoms with van der Waals surface area (Å²) in [6, 6.07) is 0. The van der Waals surface area contributed by atoms with Crippen LogP contribution >= 0.6 is 0 Å². The first kappa shape index (κ1) is 15.6. The molecule has 1 atom stereocenters. The van der Waals surface area contributed by atoms with Gasteiger partial charge in [0.15, 0.2) is 0 Å². The fraction of sp³-hybridized carbons (Fsp3) is 0. The van der Waals surface area contributed by atoms with Crippen molar-refractivity contribution in [2.24, 2.45) is 0 Å². The summed E-state index contributed by atoms with van der Waals surface area (Å²) < 4.78 is 24.1. The zero-order chi connectivity index (χ0) is 3.58. The SMILES string of the molecule is N.O=S([O-])O.[K+]. The van der Waals surface area contributed by atoms with Crippen LogP contribution < -0.4 is 57.5 Å². The Labute approximate surface area is 80.8 Å². The van der Waals surface area contributed by atoms with E-state index in [1.54, 1.807) is 0 Å². The first-order chi connectivity index (χ1) is 1.73. The molecule has 0 rings (SSSR count). The minimum atomic E-state index is -2.86. The van der Waals surface area contributed by atoms with Crippen LogP contribution in [0.2, 0.25) is 0 Å². The molecule has 0 bridgehead atoms. The maximum absolute atomic E-state index is 8.56. The molecule has 0 aromatic heterocycles. The van der Waals surface area contributed by atoms with Crippen LogP contribution in [0.4, 0.5) is 0 Å². The van der Waals surface area contributed by atoms with Crippen molar-refractivity contribution in [2.45, 2.75) is 0 Å². The Kier molecular flexibility index (Phi) is 25.6. The Morgan fingerprint density at radius 3 is 1.67 bits per heavy atom. The second-order valence-electron chi connectivity index (χ2n) is 0.217. The van der Waals surface area contributed by atoms with E-state index >= 15 is 0 Å². The molecule has 0 aliphatic rings. The zero-order valence-electron chi connectivity index (χ0n) is 3.38. The third-order valence-electron chi connectivity index (χ3n) is 0. The summed E-state index contributed by atoms with van der Waals surface area (Å²) in [5, 5.41) is 0. The van der Waals surface area contributed by atoms with Crippen LogP contribution in [0, 0.1) is 0 Å². The monoisotopic (exact) mass is 137 g/mol. The van der Waals surface area contributed by atoms with Gasteiger partial charge in [-0.1, -0.05) is 0 Å². The van der Waals surface area contributed by atoms with Crippen molar-refractivity contribution in [3.05, 3.63) is 0 Å². The molecule has 0 aromatic rings. The summed E-state index contributed by atoms with van der Waals surface area (Å²) in [6.45, 7) is 0. The van der Waals surface area contributed by atoms with E-state index in [9.17, 15) is 0 Å². The first-order valence-corrected chi connectivity index (χ1v) is 1.55. The molecule has 0 fully saturated rings. The van der Waals surface area contributed by atoms with Gasteiger partial charge in [0.25, 0.3) is 0 Å². The molecule has 6 heteroatoms. The average molecular weight is 137 g/mol. The fourth-order valence-electron chi connectivity index (χ4n) is 0. The van der Waals surface area contributed by atoms with E-state index in [1.165, 1.54) is 0 Å². The van der Waals surface area contributed by atoms with E-state index < -0.39 is 11.4 Å². The van der Waals surface area contributed by atoms with Gasteiger partial charge in [-0.15, -0.1) is 0 Å². The largest absolute Gasteiger partial charge is 1.00 e. The van der Waals surface area contributed by atoms with Crippen molar-refractivity contribution in [3.63, 3.8) is 0 Å². The van der Waals surface area contributed by atoms with Crippen molar-refractivity contribution in [1.82, 2.24) is 6.15 Å². The Morgan fingerprint density at radius 1 is 1.67 bits per heavy atom. The van der Waals surface area contributed by atoms with E-state index in [0.29, 0.717) is 0 Å². The third kappa shape index (κ3) is 44.4. The Hall–Kier alpha value is 1.67. The predicted molar refractivity (Wildman–Crippen MR) is 16.6 cm³/mol. The van der Waals surface area contributed by atoms with Crippen molar-refractivity contribution in [2.75, 3.05) is 0 Å². The number of rotatable bonds is 0. The van der Waals surface area contributed by atoms with E-state index in [-0.39, 0.29) is 57.5 Å². The van der Waals surface area contributed by atoms with E-state index in [4.69, 9.17) is 13.3 Å². The van der Waals surface area contributed by atoms with Crippen LogP contribution in [0.15, 0.2) is 0 Å². The quantitative estimate of drug-likeness (QED) is 0.267. The molecule has 0 saturated carbocycles. The van der Waals surface area contributed by atoms with Crippen LogP contribution in [-0.4, -0.2) is 13.3 Å². The van der Waals surface area contributed by atoms with E-state index in [1.807, 2.05) is 0 Å². The van der Waals surface area contributed by atoms with E-state index in [0.717, 1.165) is 0 Å². The third-order valence-corrected chi connectivity index (χ3v) is 0. The van der Waals surface area contributed by atoms with Gasteiger partial charge >= 0.3 is 51.4 Å². The van der Waals surface area contributed by atoms with Crippen molar-refractivity contribution < 1.29 is 64.7 Å². The smallest absolute Gasteiger partial charge is 0.750 e. The Balaban J connectivity index is -0.0000000450. The molecule has 0 aromatic carbocycles. The van der Waals surface area contributed by atoms with Gasteiger partial charge in [-0.25, -0.2) is 4.21 Å². The summed E-state index contributed by atoms with van der Waals surface area (Å²) in [5.41, 5.74) is 0. The molecule has 0 radical (unpaired) electrons. The van der Waals surface area contributed by atoms with Crippen molar-refractivity contribution in [1.29, 1.82) is 0 Å². The van der Waals surface area contributed by atoms with Gasteiger partial charge in [0, 0.05) is 0 Å². The molecule has 0 aliphatic heterocycles. The molecule has 0 amide bonds. The second-order valence-corrected chi connectivity index (χ2v) is 0.651. The molecule has 0 aliphatic carbocycles. The number of hydrogen-bond acceptors (Lipinski definition) is 3. The summed E-state index contributed by atoms with van der Waals surface area (Å²) in [6.07, 6.45) is 0. The van der Waals surface area contributed by atoms with Crippen LogP contribution in [0.25, 0.3) is 0 Å². The maximum atomic E-state index is 8.56. The van der Waals surface area contributed by atoms with Crippen LogP contribution in [0.5, 0.6) is 0 Å².